The average molecular weight is 259 g/mol. The number of nitrogens with zero attached hydrogens (tertiary/aromatic N) is 2. The zero-order valence-corrected chi connectivity index (χ0v) is 11.9. The number of amides is 2. The lowest BCUT2D eigenvalue weighted by Crippen LogP contribution is -2.42. The highest BCUT2D eigenvalue weighted by molar-refractivity contribution is 5.84. The van der Waals surface area contributed by atoms with Crippen molar-refractivity contribution in [3.63, 3.8) is 0 Å². The molecule has 0 aromatic rings. The van der Waals surface area contributed by atoms with Crippen LogP contribution in [0.15, 0.2) is 0 Å². The van der Waals surface area contributed by atoms with Crippen LogP contribution in [0.3, 0.4) is 0 Å². The predicted octanol–water partition coefficient (Wildman–Crippen LogP) is -0.451. The second kappa shape index (κ2) is 9.85. The monoisotopic (exact) mass is 259 g/mol. The maximum Gasteiger partial charge on any atom is 0.241 e. The molecule has 106 valence electrons. The fourth-order valence-electron chi connectivity index (χ4n) is 1.37. The first-order valence-corrected chi connectivity index (χ1v) is 6.14. The number of methoxy groups -OCH3 is 1. The summed E-state index contributed by atoms with van der Waals surface area (Å²) in [4.78, 5) is 26.6. The van der Waals surface area contributed by atoms with Gasteiger partial charge in [0.25, 0.3) is 0 Å². The molecule has 0 aliphatic heterocycles. The first kappa shape index (κ1) is 16.9. The van der Waals surface area contributed by atoms with Crippen molar-refractivity contribution in [3.8, 4) is 0 Å². The molecule has 0 atom stereocenters. The van der Waals surface area contributed by atoms with Gasteiger partial charge in [-0.3, -0.25) is 9.59 Å². The fourth-order valence-corrected chi connectivity index (χ4v) is 1.37. The molecule has 0 unspecified atom stereocenters. The highest BCUT2D eigenvalue weighted by atomic mass is 16.5. The highest BCUT2D eigenvalue weighted by Crippen LogP contribution is 1.99. The minimum Gasteiger partial charge on any atom is -0.383 e. The lowest BCUT2D eigenvalue weighted by molar-refractivity contribution is -0.139. The van der Waals surface area contributed by atoms with Crippen LogP contribution in [0, 0.1) is 0 Å². The summed E-state index contributed by atoms with van der Waals surface area (Å²) in [6.07, 6.45) is 1.22. The zero-order valence-electron chi connectivity index (χ0n) is 11.9. The molecule has 0 saturated heterocycles. The first-order valence-electron chi connectivity index (χ1n) is 6.14. The number of rotatable bonds is 9. The van der Waals surface area contributed by atoms with Crippen LogP contribution in [0.5, 0.6) is 0 Å². The van der Waals surface area contributed by atoms with Gasteiger partial charge in [0.2, 0.25) is 11.8 Å². The Balaban J connectivity index is 4.27. The van der Waals surface area contributed by atoms with E-state index >= 15 is 0 Å². The lowest BCUT2D eigenvalue weighted by atomic mass is 10.2. The van der Waals surface area contributed by atoms with E-state index in [0.29, 0.717) is 19.6 Å². The van der Waals surface area contributed by atoms with Crippen molar-refractivity contribution in [2.45, 2.75) is 12.8 Å². The van der Waals surface area contributed by atoms with Crippen LogP contribution in [0.2, 0.25) is 0 Å². The number of ether oxygens (including phenoxy) is 1. The van der Waals surface area contributed by atoms with E-state index in [-0.39, 0.29) is 18.4 Å². The van der Waals surface area contributed by atoms with Gasteiger partial charge in [-0.2, -0.15) is 0 Å². The molecule has 0 bridgehead atoms. The van der Waals surface area contributed by atoms with Gasteiger partial charge in [0.1, 0.15) is 0 Å². The molecule has 0 aromatic heterocycles. The van der Waals surface area contributed by atoms with Crippen LogP contribution in [0.4, 0.5) is 0 Å². The van der Waals surface area contributed by atoms with E-state index < -0.39 is 0 Å². The molecule has 0 radical (unpaired) electrons. The van der Waals surface area contributed by atoms with E-state index in [1.54, 1.807) is 26.1 Å². The van der Waals surface area contributed by atoms with Crippen molar-refractivity contribution in [3.05, 3.63) is 0 Å². The largest absolute Gasteiger partial charge is 0.383 e. The molecular weight excluding hydrogens is 234 g/mol. The molecule has 0 heterocycles. The molecule has 0 saturated carbocycles. The van der Waals surface area contributed by atoms with Gasteiger partial charge in [-0.1, -0.05) is 0 Å². The number of carbonyl (C=O) groups is 2. The smallest absolute Gasteiger partial charge is 0.241 e. The first-order chi connectivity index (χ1) is 8.52. The van der Waals surface area contributed by atoms with Crippen molar-refractivity contribution in [2.75, 3.05) is 54.5 Å². The Morgan fingerprint density at radius 1 is 1.22 bits per heavy atom. The number of hydrogen-bond donors (Lipinski definition) is 1. The number of likely N-dealkylation sites (N-methyl/N-ethyl adjacent to an activating group) is 1. The standard InChI is InChI=1S/C12H25N3O3/c1-13-7-5-6-11(16)15(8-9-18-4)10-12(17)14(2)3/h13H,5-10H2,1-4H3. The predicted molar refractivity (Wildman–Crippen MR) is 70.3 cm³/mol. The van der Waals surface area contributed by atoms with E-state index in [1.165, 1.54) is 4.90 Å². The van der Waals surface area contributed by atoms with Gasteiger partial charge in [-0.05, 0) is 20.0 Å². The average Bonchev–Trinajstić information content (AvgIpc) is 2.34. The summed E-state index contributed by atoms with van der Waals surface area (Å²) >= 11 is 0. The van der Waals surface area contributed by atoms with E-state index in [9.17, 15) is 9.59 Å². The van der Waals surface area contributed by atoms with E-state index in [0.717, 1.165) is 13.0 Å². The summed E-state index contributed by atoms with van der Waals surface area (Å²) in [5.74, 6) is -0.0782. The van der Waals surface area contributed by atoms with Crippen molar-refractivity contribution in [1.82, 2.24) is 15.1 Å². The minimum atomic E-state index is -0.0759. The van der Waals surface area contributed by atoms with E-state index in [1.807, 2.05) is 7.05 Å². The molecule has 0 aliphatic carbocycles. The van der Waals surface area contributed by atoms with Gasteiger partial charge >= 0.3 is 0 Å². The van der Waals surface area contributed by atoms with Crippen LogP contribution >= 0.6 is 0 Å². The van der Waals surface area contributed by atoms with Gasteiger partial charge < -0.3 is 19.9 Å². The summed E-state index contributed by atoms with van der Waals surface area (Å²) < 4.78 is 4.96. The van der Waals surface area contributed by atoms with Crippen LogP contribution in [0.1, 0.15) is 12.8 Å². The summed E-state index contributed by atoms with van der Waals surface area (Å²) in [7, 11) is 6.80. The Labute approximate surface area is 109 Å². The van der Waals surface area contributed by atoms with Crippen LogP contribution < -0.4 is 5.32 Å². The quantitative estimate of drug-likeness (QED) is 0.570. The lowest BCUT2D eigenvalue weighted by Gasteiger charge is -2.23. The summed E-state index contributed by atoms with van der Waals surface area (Å²) in [5, 5.41) is 2.99. The Morgan fingerprint density at radius 3 is 2.39 bits per heavy atom. The third-order valence-electron chi connectivity index (χ3n) is 2.56. The Morgan fingerprint density at radius 2 is 1.89 bits per heavy atom. The molecule has 6 heteroatoms. The van der Waals surface area contributed by atoms with Crippen molar-refractivity contribution >= 4 is 11.8 Å². The van der Waals surface area contributed by atoms with Crippen LogP contribution in [0.25, 0.3) is 0 Å². The van der Waals surface area contributed by atoms with E-state index in [4.69, 9.17) is 4.74 Å². The molecular formula is C12H25N3O3. The van der Waals surface area contributed by atoms with E-state index in [2.05, 4.69) is 5.32 Å². The summed E-state index contributed by atoms with van der Waals surface area (Å²) in [6.45, 7) is 1.81. The molecule has 0 aliphatic rings. The normalized spacial score (nSPS) is 10.2. The van der Waals surface area contributed by atoms with Gasteiger partial charge in [-0.15, -0.1) is 0 Å². The highest BCUT2D eigenvalue weighted by Gasteiger charge is 2.17. The molecule has 0 fully saturated rings. The molecule has 0 rings (SSSR count). The van der Waals surface area contributed by atoms with Gasteiger partial charge in [0.05, 0.1) is 13.2 Å². The Hall–Kier alpha value is -1.14. The SMILES string of the molecule is CNCCCC(=O)N(CCOC)CC(=O)N(C)C. The second-order valence-electron chi connectivity index (χ2n) is 4.30. The molecule has 18 heavy (non-hydrogen) atoms. The van der Waals surface area contributed by atoms with Crippen LogP contribution in [-0.2, 0) is 14.3 Å². The van der Waals surface area contributed by atoms with Crippen molar-refractivity contribution < 1.29 is 14.3 Å². The Kier molecular flexibility index (Phi) is 9.22. The molecule has 0 spiro atoms. The van der Waals surface area contributed by atoms with Gasteiger partial charge in [-0.25, -0.2) is 0 Å². The summed E-state index contributed by atoms with van der Waals surface area (Å²) in [5.41, 5.74) is 0. The number of nitrogens with one attached hydrogen (secondary N) is 1. The maximum atomic E-state index is 12.0. The number of hydrogen-bond acceptors (Lipinski definition) is 4. The zero-order chi connectivity index (χ0) is 14.0. The molecule has 6 nitrogen and oxygen atoms in total. The minimum absolute atomic E-state index is 0.00231. The number of carbonyl (C=O) groups excluding carboxylic acids is 2. The van der Waals surface area contributed by atoms with Crippen LogP contribution in [-0.4, -0.2) is 76.1 Å². The van der Waals surface area contributed by atoms with Gasteiger partial charge in [0.15, 0.2) is 0 Å². The fraction of sp³-hybridized carbons (Fsp3) is 0.833. The topological polar surface area (TPSA) is 61.9 Å². The Bertz CT molecular complexity index is 257. The molecule has 1 N–H and O–H groups in total. The third-order valence-corrected chi connectivity index (χ3v) is 2.56. The third kappa shape index (κ3) is 7.24. The van der Waals surface area contributed by atoms with Crippen molar-refractivity contribution in [2.24, 2.45) is 0 Å². The van der Waals surface area contributed by atoms with Crippen molar-refractivity contribution in [1.29, 1.82) is 0 Å². The molecule has 0 aromatic carbocycles. The van der Waals surface area contributed by atoms with Gasteiger partial charge in [0, 0.05) is 34.2 Å². The molecule has 2 amide bonds. The maximum absolute atomic E-state index is 12.0. The second-order valence-corrected chi connectivity index (χ2v) is 4.30. The summed E-state index contributed by atoms with van der Waals surface area (Å²) in [6, 6.07) is 0.